The molecule has 0 unspecified atom stereocenters. The molecular weight excluding hydrogens is 198 g/mol. The van der Waals surface area contributed by atoms with Gasteiger partial charge in [0.1, 0.15) is 5.82 Å². The van der Waals surface area contributed by atoms with E-state index in [0.717, 1.165) is 11.5 Å². The molecule has 1 saturated carbocycles. The van der Waals surface area contributed by atoms with Gasteiger partial charge in [0.15, 0.2) is 0 Å². The summed E-state index contributed by atoms with van der Waals surface area (Å²) in [5, 5.41) is 0. The first-order valence-electron chi connectivity index (χ1n) is 6.06. The van der Waals surface area contributed by atoms with E-state index in [1.54, 1.807) is 0 Å². The van der Waals surface area contributed by atoms with Crippen molar-refractivity contribution in [2.45, 2.75) is 57.9 Å². The van der Waals surface area contributed by atoms with Crippen LogP contribution in [0.15, 0.2) is 6.07 Å². The van der Waals surface area contributed by atoms with Crippen LogP contribution >= 0.6 is 0 Å². The van der Waals surface area contributed by atoms with Crippen molar-refractivity contribution in [2.24, 2.45) is 5.73 Å². The van der Waals surface area contributed by atoms with E-state index in [9.17, 15) is 0 Å². The highest BCUT2D eigenvalue weighted by molar-refractivity contribution is 5.22. The summed E-state index contributed by atoms with van der Waals surface area (Å²) in [6, 6.07) is 2.15. The molecule has 0 radical (unpaired) electrons. The Kier molecular flexibility index (Phi) is 2.74. The van der Waals surface area contributed by atoms with E-state index >= 15 is 0 Å². The molecule has 2 rings (SSSR count). The molecule has 0 spiro atoms. The minimum atomic E-state index is -0.450. The second-order valence-electron chi connectivity index (χ2n) is 5.69. The maximum absolute atomic E-state index is 6.09. The zero-order chi connectivity index (χ0) is 11.9. The molecule has 0 atom stereocenters. The van der Waals surface area contributed by atoms with Crippen molar-refractivity contribution in [3.8, 4) is 0 Å². The Balaban J connectivity index is 2.44. The molecule has 3 heteroatoms. The van der Waals surface area contributed by atoms with Gasteiger partial charge in [-0.15, -0.1) is 0 Å². The van der Waals surface area contributed by atoms with Crippen LogP contribution in [0, 0.1) is 0 Å². The van der Waals surface area contributed by atoms with Crippen molar-refractivity contribution >= 4 is 0 Å². The molecule has 1 aromatic rings. The van der Waals surface area contributed by atoms with Crippen molar-refractivity contribution in [2.75, 3.05) is 0 Å². The SMILES string of the molecule is CC(C)c1cc(C2CC2)nc(C(C)(C)N)n1. The Morgan fingerprint density at radius 1 is 1.31 bits per heavy atom. The maximum Gasteiger partial charge on any atom is 0.148 e. The second-order valence-corrected chi connectivity index (χ2v) is 5.69. The molecule has 2 N–H and O–H groups in total. The van der Waals surface area contributed by atoms with Crippen LogP contribution < -0.4 is 5.73 Å². The molecule has 1 heterocycles. The van der Waals surface area contributed by atoms with E-state index in [1.165, 1.54) is 18.5 Å². The fourth-order valence-electron chi connectivity index (χ4n) is 1.66. The molecule has 0 saturated heterocycles. The Labute approximate surface area is 97.5 Å². The Morgan fingerprint density at radius 2 is 1.94 bits per heavy atom. The van der Waals surface area contributed by atoms with Gasteiger partial charge in [-0.3, -0.25) is 0 Å². The van der Waals surface area contributed by atoms with Gasteiger partial charge in [0.05, 0.1) is 5.54 Å². The summed E-state index contributed by atoms with van der Waals surface area (Å²) in [4.78, 5) is 9.19. The van der Waals surface area contributed by atoms with Crippen molar-refractivity contribution in [3.63, 3.8) is 0 Å². The number of rotatable bonds is 3. The van der Waals surface area contributed by atoms with E-state index in [4.69, 9.17) is 5.73 Å². The lowest BCUT2D eigenvalue weighted by Gasteiger charge is -2.19. The van der Waals surface area contributed by atoms with Crippen molar-refractivity contribution in [3.05, 3.63) is 23.3 Å². The van der Waals surface area contributed by atoms with Gasteiger partial charge in [-0.05, 0) is 38.7 Å². The molecule has 1 aliphatic carbocycles. The van der Waals surface area contributed by atoms with Crippen LogP contribution in [0.1, 0.15) is 69.6 Å². The summed E-state index contributed by atoms with van der Waals surface area (Å²) >= 11 is 0. The van der Waals surface area contributed by atoms with Crippen LogP contribution in [0.4, 0.5) is 0 Å². The summed E-state index contributed by atoms with van der Waals surface area (Å²) in [6.45, 7) is 8.24. The summed E-state index contributed by atoms with van der Waals surface area (Å²) in [5.74, 6) is 1.86. The minimum Gasteiger partial charge on any atom is -0.319 e. The third kappa shape index (κ3) is 2.40. The first-order valence-corrected chi connectivity index (χ1v) is 6.06. The molecule has 16 heavy (non-hydrogen) atoms. The minimum absolute atomic E-state index is 0.432. The predicted molar refractivity (Wildman–Crippen MR) is 65.3 cm³/mol. The monoisotopic (exact) mass is 219 g/mol. The van der Waals surface area contributed by atoms with E-state index < -0.39 is 5.54 Å². The normalized spacial score (nSPS) is 16.9. The van der Waals surface area contributed by atoms with E-state index in [-0.39, 0.29) is 0 Å². The average Bonchev–Trinajstić information content (AvgIpc) is 2.98. The van der Waals surface area contributed by atoms with Gasteiger partial charge >= 0.3 is 0 Å². The van der Waals surface area contributed by atoms with Crippen molar-refractivity contribution in [1.29, 1.82) is 0 Å². The molecule has 1 fully saturated rings. The standard InChI is InChI=1S/C13H21N3/c1-8(2)10-7-11(9-5-6-9)16-12(15-10)13(3,4)14/h7-9H,5-6,14H2,1-4H3. The molecule has 0 bridgehead atoms. The zero-order valence-electron chi connectivity index (χ0n) is 10.6. The summed E-state index contributed by atoms with van der Waals surface area (Å²) in [5.41, 5.74) is 7.94. The first-order chi connectivity index (χ1) is 7.38. The van der Waals surface area contributed by atoms with Gasteiger partial charge < -0.3 is 5.73 Å². The largest absolute Gasteiger partial charge is 0.319 e. The fourth-order valence-corrected chi connectivity index (χ4v) is 1.66. The smallest absolute Gasteiger partial charge is 0.148 e. The number of nitrogens with zero attached hydrogens (tertiary/aromatic N) is 2. The number of nitrogens with two attached hydrogens (primary N) is 1. The third-order valence-electron chi connectivity index (χ3n) is 2.93. The second kappa shape index (κ2) is 3.81. The highest BCUT2D eigenvalue weighted by Gasteiger charge is 2.28. The summed E-state index contributed by atoms with van der Waals surface area (Å²) < 4.78 is 0. The number of aromatic nitrogens is 2. The van der Waals surface area contributed by atoms with Gasteiger partial charge in [-0.2, -0.15) is 0 Å². The molecule has 1 aliphatic rings. The van der Waals surface area contributed by atoms with Crippen LogP contribution in [-0.2, 0) is 5.54 Å². The Hall–Kier alpha value is -0.960. The Morgan fingerprint density at radius 3 is 2.38 bits per heavy atom. The lowest BCUT2D eigenvalue weighted by atomic mass is 10.0. The topological polar surface area (TPSA) is 51.8 Å². The molecule has 0 aliphatic heterocycles. The van der Waals surface area contributed by atoms with Crippen LogP contribution in [0.5, 0.6) is 0 Å². The Bertz CT molecular complexity index is 366. The quantitative estimate of drug-likeness (QED) is 0.850. The third-order valence-corrected chi connectivity index (χ3v) is 2.93. The molecule has 0 aromatic carbocycles. The first kappa shape index (κ1) is 11.5. The fraction of sp³-hybridized carbons (Fsp3) is 0.692. The zero-order valence-corrected chi connectivity index (χ0v) is 10.6. The van der Waals surface area contributed by atoms with Crippen LogP contribution in [0.25, 0.3) is 0 Å². The van der Waals surface area contributed by atoms with Gasteiger partial charge in [0.25, 0.3) is 0 Å². The molecule has 0 amide bonds. The predicted octanol–water partition coefficient (Wildman–Crippen LogP) is 2.67. The maximum atomic E-state index is 6.09. The highest BCUT2D eigenvalue weighted by Crippen LogP contribution is 2.39. The van der Waals surface area contributed by atoms with Crippen LogP contribution in [0.2, 0.25) is 0 Å². The van der Waals surface area contributed by atoms with Crippen LogP contribution in [-0.4, -0.2) is 9.97 Å². The molecule has 1 aromatic heterocycles. The number of hydrogen-bond acceptors (Lipinski definition) is 3. The molecular formula is C13H21N3. The average molecular weight is 219 g/mol. The van der Waals surface area contributed by atoms with Crippen molar-refractivity contribution in [1.82, 2.24) is 9.97 Å². The number of hydrogen-bond donors (Lipinski definition) is 1. The van der Waals surface area contributed by atoms with E-state index in [1.807, 2.05) is 13.8 Å². The van der Waals surface area contributed by atoms with Gasteiger partial charge in [-0.25, -0.2) is 9.97 Å². The van der Waals surface area contributed by atoms with Gasteiger partial charge in [-0.1, -0.05) is 13.8 Å². The summed E-state index contributed by atoms with van der Waals surface area (Å²) in [7, 11) is 0. The lowest BCUT2D eigenvalue weighted by Crippen LogP contribution is -2.32. The molecule has 88 valence electrons. The van der Waals surface area contributed by atoms with E-state index in [0.29, 0.717) is 11.8 Å². The van der Waals surface area contributed by atoms with Crippen molar-refractivity contribution < 1.29 is 0 Å². The van der Waals surface area contributed by atoms with Gasteiger partial charge in [0.2, 0.25) is 0 Å². The molecule has 3 nitrogen and oxygen atoms in total. The summed E-state index contributed by atoms with van der Waals surface area (Å²) in [6.07, 6.45) is 2.53. The lowest BCUT2D eigenvalue weighted by molar-refractivity contribution is 0.505. The van der Waals surface area contributed by atoms with Gasteiger partial charge in [0, 0.05) is 17.3 Å². The highest BCUT2D eigenvalue weighted by atomic mass is 15.0. The van der Waals surface area contributed by atoms with E-state index in [2.05, 4.69) is 29.9 Å². The van der Waals surface area contributed by atoms with Crippen LogP contribution in [0.3, 0.4) is 0 Å².